The van der Waals surface area contributed by atoms with Gasteiger partial charge in [0.25, 0.3) is 5.69 Å². The monoisotopic (exact) mass is 264 g/mol. The number of nitro groups is 1. The molecule has 0 saturated heterocycles. The van der Waals surface area contributed by atoms with E-state index >= 15 is 0 Å². The lowest BCUT2D eigenvalue weighted by Crippen LogP contribution is -2.11. The van der Waals surface area contributed by atoms with Crippen molar-refractivity contribution in [3.63, 3.8) is 0 Å². The molecule has 102 valence electrons. The average Bonchev–Trinajstić information content (AvgIpc) is 2.42. The number of hydrogen-bond acceptors (Lipinski definition) is 5. The van der Waals surface area contributed by atoms with Crippen LogP contribution >= 0.6 is 0 Å². The molecule has 0 saturated carbocycles. The predicted octanol–water partition coefficient (Wildman–Crippen LogP) is 2.41. The Labute approximate surface area is 111 Å². The van der Waals surface area contributed by atoms with Gasteiger partial charge in [0.1, 0.15) is 12.0 Å². The standard InChI is InChI=1S/C13H16N2O4/c1-2-3-7-19-8-6-14-12-5-4-11(10-16)9-13(12)15(17)18/h2,4-5,9-10,14H,1,3,6-8H2. The number of anilines is 1. The number of nitrogens with zero attached hydrogens (tertiary/aromatic N) is 1. The Hall–Kier alpha value is -2.21. The zero-order valence-corrected chi connectivity index (χ0v) is 10.5. The minimum Gasteiger partial charge on any atom is -0.379 e. The van der Waals surface area contributed by atoms with E-state index < -0.39 is 4.92 Å². The van der Waals surface area contributed by atoms with Gasteiger partial charge < -0.3 is 10.1 Å². The third-order valence-electron chi connectivity index (χ3n) is 2.38. The second-order valence-corrected chi connectivity index (χ2v) is 3.77. The zero-order chi connectivity index (χ0) is 14.1. The van der Waals surface area contributed by atoms with E-state index in [9.17, 15) is 14.9 Å². The van der Waals surface area contributed by atoms with Crippen LogP contribution in [0, 0.1) is 10.1 Å². The first kappa shape index (κ1) is 14.8. The molecule has 0 heterocycles. The summed E-state index contributed by atoms with van der Waals surface area (Å²) in [6, 6.07) is 4.29. The van der Waals surface area contributed by atoms with E-state index in [1.54, 1.807) is 6.08 Å². The Morgan fingerprint density at radius 2 is 2.21 bits per heavy atom. The van der Waals surface area contributed by atoms with Crippen LogP contribution in [0.3, 0.4) is 0 Å². The molecule has 6 nitrogen and oxygen atoms in total. The van der Waals surface area contributed by atoms with E-state index in [0.29, 0.717) is 31.7 Å². The number of benzene rings is 1. The van der Waals surface area contributed by atoms with Crippen LogP contribution < -0.4 is 5.32 Å². The zero-order valence-electron chi connectivity index (χ0n) is 10.5. The third kappa shape index (κ3) is 4.89. The summed E-state index contributed by atoms with van der Waals surface area (Å²) in [5.41, 5.74) is 0.540. The van der Waals surface area contributed by atoms with E-state index in [-0.39, 0.29) is 11.3 Å². The molecular formula is C13H16N2O4. The van der Waals surface area contributed by atoms with Crippen molar-refractivity contribution in [2.75, 3.05) is 25.1 Å². The molecular weight excluding hydrogens is 248 g/mol. The van der Waals surface area contributed by atoms with Gasteiger partial charge in [-0.15, -0.1) is 6.58 Å². The van der Waals surface area contributed by atoms with Crippen LogP contribution in [0.25, 0.3) is 0 Å². The van der Waals surface area contributed by atoms with Crippen molar-refractivity contribution in [2.24, 2.45) is 0 Å². The van der Waals surface area contributed by atoms with Gasteiger partial charge in [-0.3, -0.25) is 14.9 Å². The van der Waals surface area contributed by atoms with Crippen LogP contribution in [0.5, 0.6) is 0 Å². The van der Waals surface area contributed by atoms with Crippen LogP contribution in [-0.4, -0.2) is 31.0 Å². The summed E-state index contributed by atoms with van der Waals surface area (Å²) in [6.07, 6.45) is 3.11. The van der Waals surface area contributed by atoms with Crippen molar-refractivity contribution < 1.29 is 14.5 Å². The van der Waals surface area contributed by atoms with Crippen molar-refractivity contribution in [3.05, 3.63) is 46.5 Å². The molecule has 19 heavy (non-hydrogen) atoms. The summed E-state index contributed by atoms with van der Waals surface area (Å²) in [5.74, 6) is 0. The van der Waals surface area contributed by atoms with Gasteiger partial charge in [-0.1, -0.05) is 6.08 Å². The normalized spacial score (nSPS) is 9.89. The average molecular weight is 264 g/mol. The van der Waals surface area contributed by atoms with E-state index in [1.165, 1.54) is 18.2 Å². The molecule has 0 aromatic heterocycles. The predicted molar refractivity (Wildman–Crippen MR) is 72.6 cm³/mol. The molecule has 1 aromatic carbocycles. The molecule has 0 radical (unpaired) electrons. The molecule has 1 aromatic rings. The highest BCUT2D eigenvalue weighted by Gasteiger charge is 2.13. The van der Waals surface area contributed by atoms with E-state index in [1.807, 2.05) is 0 Å². The molecule has 0 aliphatic rings. The first-order valence-electron chi connectivity index (χ1n) is 5.85. The summed E-state index contributed by atoms with van der Waals surface area (Å²) in [6.45, 7) is 5.06. The lowest BCUT2D eigenvalue weighted by Gasteiger charge is -2.07. The largest absolute Gasteiger partial charge is 0.379 e. The van der Waals surface area contributed by atoms with Gasteiger partial charge in [0.05, 0.1) is 18.1 Å². The molecule has 0 unspecified atom stereocenters. The Morgan fingerprint density at radius 3 is 2.84 bits per heavy atom. The number of aldehydes is 1. The molecule has 0 aliphatic carbocycles. The lowest BCUT2D eigenvalue weighted by molar-refractivity contribution is -0.384. The Balaban J connectivity index is 2.55. The summed E-state index contributed by atoms with van der Waals surface area (Å²) < 4.78 is 5.28. The fraction of sp³-hybridized carbons (Fsp3) is 0.308. The maximum absolute atomic E-state index is 10.9. The van der Waals surface area contributed by atoms with Crippen LogP contribution in [0.15, 0.2) is 30.9 Å². The van der Waals surface area contributed by atoms with Gasteiger partial charge in [0.15, 0.2) is 0 Å². The number of nitro benzene ring substituents is 1. The summed E-state index contributed by atoms with van der Waals surface area (Å²) in [5, 5.41) is 13.8. The van der Waals surface area contributed by atoms with Gasteiger partial charge in [0.2, 0.25) is 0 Å². The van der Waals surface area contributed by atoms with Crippen molar-refractivity contribution in [3.8, 4) is 0 Å². The fourth-order valence-electron chi connectivity index (χ4n) is 1.45. The minimum absolute atomic E-state index is 0.115. The Kier molecular flexibility index (Phi) is 6.25. The van der Waals surface area contributed by atoms with Crippen molar-refractivity contribution in [2.45, 2.75) is 6.42 Å². The highest BCUT2D eigenvalue weighted by Crippen LogP contribution is 2.24. The number of nitrogens with one attached hydrogen (secondary N) is 1. The Bertz CT molecular complexity index is 460. The molecule has 1 rings (SSSR count). The third-order valence-corrected chi connectivity index (χ3v) is 2.38. The second kappa shape index (κ2) is 7.99. The number of hydrogen-bond donors (Lipinski definition) is 1. The molecule has 0 atom stereocenters. The first-order valence-corrected chi connectivity index (χ1v) is 5.85. The van der Waals surface area contributed by atoms with Gasteiger partial charge in [-0.25, -0.2) is 0 Å². The molecule has 0 amide bonds. The summed E-state index contributed by atoms with van der Waals surface area (Å²) in [4.78, 5) is 20.9. The van der Waals surface area contributed by atoms with E-state index in [2.05, 4.69) is 11.9 Å². The first-order chi connectivity index (χ1) is 9.19. The maximum Gasteiger partial charge on any atom is 0.293 e. The van der Waals surface area contributed by atoms with Crippen molar-refractivity contribution in [1.29, 1.82) is 0 Å². The SMILES string of the molecule is C=CCCOCCNc1ccc(C=O)cc1[N+](=O)[O-]. The van der Waals surface area contributed by atoms with Gasteiger partial charge in [-0.2, -0.15) is 0 Å². The number of ether oxygens (including phenoxy) is 1. The number of carbonyl (C=O) groups excluding carboxylic acids is 1. The van der Waals surface area contributed by atoms with E-state index in [0.717, 1.165) is 6.42 Å². The quantitative estimate of drug-likeness (QED) is 0.243. The van der Waals surface area contributed by atoms with Crippen molar-refractivity contribution >= 4 is 17.7 Å². The van der Waals surface area contributed by atoms with Gasteiger partial charge >= 0.3 is 0 Å². The van der Waals surface area contributed by atoms with Crippen LogP contribution in [0.4, 0.5) is 11.4 Å². The van der Waals surface area contributed by atoms with Crippen LogP contribution in [-0.2, 0) is 4.74 Å². The number of rotatable bonds is 9. The van der Waals surface area contributed by atoms with Crippen LogP contribution in [0.2, 0.25) is 0 Å². The summed E-state index contributed by atoms with van der Waals surface area (Å²) >= 11 is 0. The molecule has 0 aliphatic heterocycles. The highest BCUT2D eigenvalue weighted by atomic mass is 16.6. The summed E-state index contributed by atoms with van der Waals surface area (Å²) in [7, 11) is 0. The maximum atomic E-state index is 10.9. The molecule has 0 fully saturated rings. The highest BCUT2D eigenvalue weighted by molar-refractivity contribution is 5.79. The molecule has 0 spiro atoms. The van der Waals surface area contributed by atoms with Gasteiger partial charge in [0, 0.05) is 18.2 Å². The van der Waals surface area contributed by atoms with E-state index in [4.69, 9.17) is 4.74 Å². The lowest BCUT2D eigenvalue weighted by atomic mass is 10.2. The Morgan fingerprint density at radius 1 is 1.42 bits per heavy atom. The smallest absolute Gasteiger partial charge is 0.293 e. The molecule has 0 bridgehead atoms. The van der Waals surface area contributed by atoms with Crippen molar-refractivity contribution in [1.82, 2.24) is 0 Å². The topological polar surface area (TPSA) is 81.5 Å². The number of carbonyl (C=O) groups is 1. The fourth-order valence-corrected chi connectivity index (χ4v) is 1.45. The molecule has 6 heteroatoms. The van der Waals surface area contributed by atoms with Crippen LogP contribution in [0.1, 0.15) is 16.8 Å². The van der Waals surface area contributed by atoms with Gasteiger partial charge in [-0.05, 0) is 18.6 Å². The minimum atomic E-state index is -0.520. The molecule has 1 N–H and O–H groups in total. The second-order valence-electron chi connectivity index (χ2n) is 3.77.